The van der Waals surface area contributed by atoms with Crippen LogP contribution in [0.5, 0.6) is 5.75 Å². The molecule has 0 aromatic heterocycles. The fourth-order valence-electron chi connectivity index (χ4n) is 2.68. The van der Waals surface area contributed by atoms with Gasteiger partial charge >= 0.3 is 5.97 Å². The van der Waals surface area contributed by atoms with Crippen molar-refractivity contribution < 1.29 is 23.9 Å². The van der Waals surface area contributed by atoms with Crippen molar-refractivity contribution in [2.75, 3.05) is 19.0 Å². The van der Waals surface area contributed by atoms with Crippen LogP contribution in [0.25, 0.3) is 0 Å². The molecule has 2 aromatic carbocycles. The molecule has 0 unspecified atom stereocenters. The van der Waals surface area contributed by atoms with E-state index in [0.717, 1.165) is 12.8 Å². The van der Waals surface area contributed by atoms with E-state index in [1.165, 1.54) is 6.07 Å². The van der Waals surface area contributed by atoms with Crippen LogP contribution < -0.4 is 15.4 Å². The lowest BCUT2D eigenvalue weighted by Gasteiger charge is -2.15. The van der Waals surface area contributed by atoms with Crippen molar-refractivity contribution in [3.63, 3.8) is 0 Å². The highest BCUT2D eigenvalue weighted by Crippen LogP contribution is 2.18. The number of amides is 2. The highest BCUT2D eigenvalue weighted by molar-refractivity contribution is 6.08. The molecule has 0 saturated heterocycles. The fourth-order valence-corrected chi connectivity index (χ4v) is 2.68. The molecule has 0 aliphatic carbocycles. The number of hydrogen-bond donors (Lipinski definition) is 2. The van der Waals surface area contributed by atoms with E-state index < -0.39 is 5.97 Å². The molecule has 0 fully saturated rings. The standard InChI is InChI=1S/C22H26N2O5/c1-4-16(5-2)23-20(25)14-29-22(27)18-8-6-7-9-19(18)24-21(26)15-10-12-17(28-3)13-11-15/h6-13,16H,4-5,14H2,1-3H3,(H,23,25)(H,24,26). The molecule has 0 saturated carbocycles. The highest BCUT2D eigenvalue weighted by atomic mass is 16.5. The lowest BCUT2D eigenvalue weighted by Crippen LogP contribution is -2.36. The predicted octanol–water partition coefficient (Wildman–Crippen LogP) is 3.41. The second-order valence-electron chi connectivity index (χ2n) is 6.39. The molecule has 0 heterocycles. The summed E-state index contributed by atoms with van der Waals surface area (Å²) in [5, 5.41) is 5.51. The lowest BCUT2D eigenvalue weighted by molar-refractivity contribution is -0.125. The Bertz CT molecular complexity index is 845. The summed E-state index contributed by atoms with van der Waals surface area (Å²) in [5.74, 6) is -0.779. The molecule has 0 aliphatic heterocycles. The molecule has 2 rings (SSSR count). The maximum absolute atomic E-state index is 12.5. The average molecular weight is 398 g/mol. The van der Waals surface area contributed by atoms with E-state index in [0.29, 0.717) is 17.0 Å². The maximum atomic E-state index is 12.5. The zero-order chi connectivity index (χ0) is 21.2. The van der Waals surface area contributed by atoms with E-state index in [1.54, 1.807) is 49.6 Å². The number of hydrogen-bond acceptors (Lipinski definition) is 5. The van der Waals surface area contributed by atoms with Crippen molar-refractivity contribution in [2.24, 2.45) is 0 Å². The number of benzene rings is 2. The number of carbonyl (C=O) groups excluding carboxylic acids is 3. The van der Waals surface area contributed by atoms with E-state index in [9.17, 15) is 14.4 Å². The first-order valence-electron chi connectivity index (χ1n) is 9.49. The molecule has 2 N–H and O–H groups in total. The van der Waals surface area contributed by atoms with Gasteiger partial charge in [-0.15, -0.1) is 0 Å². The van der Waals surface area contributed by atoms with Gasteiger partial charge in [-0.2, -0.15) is 0 Å². The van der Waals surface area contributed by atoms with Gasteiger partial charge in [0.2, 0.25) is 0 Å². The number of esters is 1. The summed E-state index contributed by atoms with van der Waals surface area (Å²) in [7, 11) is 1.54. The summed E-state index contributed by atoms with van der Waals surface area (Å²) >= 11 is 0. The van der Waals surface area contributed by atoms with Gasteiger partial charge in [-0.1, -0.05) is 26.0 Å². The Morgan fingerprint density at radius 2 is 1.62 bits per heavy atom. The van der Waals surface area contributed by atoms with Crippen LogP contribution in [-0.2, 0) is 9.53 Å². The second-order valence-corrected chi connectivity index (χ2v) is 6.39. The van der Waals surface area contributed by atoms with Crippen molar-refractivity contribution in [1.29, 1.82) is 0 Å². The predicted molar refractivity (Wildman–Crippen MR) is 110 cm³/mol. The maximum Gasteiger partial charge on any atom is 0.340 e. The minimum absolute atomic E-state index is 0.0530. The first-order valence-corrected chi connectivity index (χ1v) is 9.49. The third-order valence-corrected chi connectivity index (χ3v) is 4.43. The van der Waals surface area contributed by atoms with E-state index in [2.05, 4.69) is 10.6 Å². The Morgan fingerprint density at radius 3 is 2.24 bits per heavy atom. The molecular weight excluding hydrogens is 372 g/mol. The topological polar surface area (TPSA) is 93.7 Å². The number of rotatable bonds is 9. The lowest BCUT2D eigenvalue weighted by atomic mass is 10.1. The Balaban J connectivity index is 2.02. The van der Waals surface area contributed by atoms with Gasteiger partial charge in [0.15, 0.2) is 6.61 Å². The van der Waals surface area contributed by atoms with Crippen LogP contribution in [0.4, 0.5) is 5.69 Å². The molecule has 2 aromatic rings. The SMILES string of the molecule is CCC(CC)NC(=O)COC(=O)c1ccccc1NC(=O)c1ccc(OC)cc1. The van der Waals surface area contributed by atoms with Crippen molar-refractivity contribution >= 4 is 23.5 Å². The quantitative estimate of drug-likeness (QED) is 0.632. The van der Waals surface area contributed by atoms with Crippen molar-refractivity contribution in [2.45, 2.75) is 32.7 Å². The summed E-state index contributed by atoms with van der Waals surface area (Å²) in [6.07, 6.45) is 1.60. The third-order valence-electron chi connectivity index (χ3n) is 4.43. The summed E-state index contributed by atoms with van der Waals surface area (Å²) < 4.78 is 10.2. The zero-order valence-corrected chi connectivity index (χ0v) is 16.9. The van der Waals surface area contributed by atoms with Crippen LogP contribution in [0.1, 0.15) is 47.4 Å². The van der Waals surface area contributed by atoms with Crippen molar-refractivity contribution in [3.05, 3.63) is 59.7 Å². The van der Waals surface area contributed by atoms with Crippen LogP contribution in [0.15, 0.2) is 48.5 Å². The molecule has 0 radical (unpaired) electrons. The monoisotopic (exact) mass is 398 g/mol. The van der Waals surface area contributed by atoms with Crippen LogP contribution in [0.2, 0.25) is 0 Å². The van der Waals surface area contributed by atoms with Gasteiger partial charge in [-0.3, -0.25) is 9.59 Å². The van der Waals surface area contributed by atoms with Gasteiger partial charge in [0.25, 0.3) is 11.8 Å². The summed E-state index contributed by atoms with van der Waals surface area (Å²) in [5.41, 5.74) is 0.891. The number of nitrogens with one attached hydrogen (secondary N) is 2. The van der Waals surface area contributed by atoms with Crippen molar-refractivity contribution in [1.82, 2.24) is 5.32 Å². The number of carbonyl (C=O) groups is 3. The van der Waals surface area contributed by atoms with E-state index in [-0.39, 0.29) is 30.0 Å². The molecule has 29 heavy (non-hydrogen) atoms. The Morgan fingerprint density at radius 1 is 0.966 bits per heavy atom. The minimum atomic E-state index is -0.685. The molecule has 154 valence electrons. The normalized spacial score (nSPS) is 10.3. The molecule has 0 aliphatic rings. The van der Waals surface area contributed by atoms with Crippen LogP contribution in [-0.4, -0.2) is 37.5 Å². The summed E-state index contributed by atoms with van der Waals surface area (Å²) in [6, 6.07) is 13.1. The molecule has 0 bridgehead atoms. The van der Waals surface area contributed by atoms with E-state index in [4.69, 9.17) is 9.47 Å². The molecule has 7 nitrogen and oxygen atoms in total. The number of ether oxygens (including phenoxy) is 2. The van der Waals surface area contributed by atoms with Gasteiger partial charge in [0.05, 0.1) is 18.4 Å². The van der Waals surface area contributed by atoms with Gasteiger partial charge in [-0.25, -0.2) is 4.79 Å². The average Bonchev–Trinajstić information content (AvgIpc) is 2.76. The van der Waals surface area contributed by atoms with Gasteiger partial charge in [-0.05, 0) is 49.2 Å². The number of methoxy groups -OCH3 is 1. The first kappa shape index (κ1) is 21.9. The largest absolute Gasteiger partial charge is 0.497 e. The molecule has 7 heteroatoms. The molecule has 0 atom stereocenters. The third kappa shape index (κ3) is 6.34. The Kier molecular flexibility index (Phi) is 8.21. The fraction of sp³-hybridized carbons (Fsp3) is 0.318. The van der Waals surface area contributed by atoms with Crippen molar-refractivity contribution in [3.8, 4) is 5.75 Å². The van der Waals surface area contributed by atoms with Gasteiger partial charge < -0.3 is 20.1 Å². The second kappa shape index (κ2) is 10.8. The highest BCUT2D eigenvalue weighted by Gasteiger charge is 2.17. The van der Waals surface area contributed by atoms with Gasteiger partial charge in [0, 0.05) is 11.6 Å². The first-order chi connectivity index (χ1) is 14.0. The summed E-state index contributed by atoms with van der Waals surface area (Å²) in [6.45, 7) is 3.57. The molecule has 0 spiro atoms. The molecular formula is C22H26N2O5. The van der Waals surface area contributed by atoms with Crippen LogP contribution in [0.3, 0.4) is 0 Å². The minimum Gasteiger partial charge on any atom is -0.497 e. The zero-order valence-electron chi connectivity index (χ0n) is 16.9. The Labute approximate surface area is 170 Å². The Hall–Kier alpha value is -3.35. The van der Waals surface area contributed by atoms with Crippen LogP contribution in [0, 0.1) is 0 Å². The number of anilines is 1. The van der Waals surface area contributed by atoms with Gasteiger partial charge in [0.1, 0.15) is 5.75 Å². The van der Waals surface area contributed by atoms with Crippen LogP contribution >= 0.6 is 0 Å². The van der Waals surface area contributed by atoms with E-state index >= 15 is 0 Å². The smallest absolute Gasteiger partial charge is 0.340 e. The van der Waals surface area contributed by atoms with E-state index in [1.807, 2.05) is 13.8 Å². The number of para-hydroxylation sites is 1. The summed E-state index contributed by atoms with van der Waals surface area (Å²) in [4.78, 5) is 36.8. The molecule has 2 amide bonds.